The molecule has 0 bridgehead atoms. The van der Waals surface area contributed by atoms with Crippen molar-refractivity contribution < 1.29 is 17.6 Å². The zero-order valence-corrected chi connectivity index (χ0v) is 15.4. The molecule has 1 aliphatic rings. The molecule has 2 aromatic rings. The number of nitrogens with zero attached hydrogens (tertiary/aromatic N) is 4. The maximum atomic E-state index is 12.8. The minimum Gasteiger partial charge on any atom is -0.496 e. The first-order chi connectivity index (χ1) is 12.0. The summed E-state index contributed by atoms with van der Waals surface area (Å²) in [7, 11) is -1.96. The molecular formula is C16H22N4O4S. The number of benzene rings is 1. The van der Waals surface area contributed by atoms with E-state index >= 15 is 0 Å². The number of ether oxygens (including phenoxy) is 1. The maximum absolute atomic E-state index is 12.8. The third kappa shape index (κ3) is 3.47. The highest BCUT2D eigenvalue weighted by molar-refractivity contribution is 7.89. The lowest BCUT2D eigenvalue weighted by molar-refractivity contribution is 0.369. The highest BCUT2D eigenvalue weighted by Gasteiger charge is 2.30. The zero-order chi connectivity index (χ0) is 18.0. The summed E-state index contributed by atoms with van der Waals surface area (Å²) in [5.74, 6) is 1.26. The third-order valence-corrected chi connectivity index (χ3v) is 6.17. The number of piperazine rings is 1. The lowest BCUT2D eigenvalue weighted by atomic mass is 10.2. The van der Waals surface area contributed by atoms with E-state index in [0.717, 1.165) is 5.56 Å². The van der Waals surface area contributed by atoms with Gasteiger partial charge < -0.3 is 14.1 Å². The van der Waals surface area contributed by atoms with Gasteiger partial charge in [-0.15, -0.1) is 5.10 Å². The minimum atomic E-state index is -3.53. The van der Waals surface area contributed by atoms with Gasteiger partial charge in [-0.2, -0.15) is 4.31 Å². The van der Waals surface area contributed by atoms with E-state index in [0.29, 0.717) is 50.3 Å². The Morgan fingerprint density at radius 1 is 1.20 bits per heavy atom. The number of methoxy groups -OCH3 is 1. The van der Waals surface area contributed by atoms with Crippen molar-refractivity contribution in [1.29, 1.82) is 0 Å². The average molecular weight is 366 g/mol. The fraction of sp³-hybridized carbons (Fsp3) is 0.500. The minimum absolute atomic E-state index is 0.283. The van der Waals surface area contributed by atoms with E-state index in [2.05, 4.69) is 10.2 Å². The van der Waals surface area contributed by atoms with Crippen molar-refractivity contribution in [2.45, 2.75) is 25.2 Å². The summed E-state index contributed by atoms with van der Waals surface area (Å²) in [6.07, 6.45) is 0.679. The molecular weight excluding hydrogens is 344 g/mol. The van der Waals surface area contributed by atoms with Crippen molar-refractivity contribution in [3.8, 4) is 5.75 Å². The van der Waals surface area contributed by atoms with Gasteiger partial charge in [0.05, 0.1) is 12.0 Å². The van der Waals surface area contributed by atoms with Crippen molar-refractivity contribution in [3.63, 3.8) is 0 Å². The molecule has 25 heavy (non-hydrogen) atoms. The number of rotatable bonds is 5. The first-order valence-corrected chi connectivity index (χ1v) is 9.62. The summed E-state index contributed by atoms with van der Waals surface area (Å²) < 4.78 is 37.9. The quantitative estimate of drug-likeness (QED) is 0.791. The molecule has 0 unspecified atom stereocenters. The SMILES string of the molecule is CCc1nnc(N2CCN(S(=O)(=O)c3ccc(OC)c(C)c3)CC2)o1. The molecule has 0 amide bonds. The Morgan fingerprint density at radius 2 is 1.92 bits per heavy atom. The first-order valence-electron chi connectivity index (χ1n) is 8.18. The molecule has 1 fully saturated rings. The molecule has 1 aromatic heterocycles. The van der Waals surface area contributed by atoms with Crippen LogP contribution in [0.2, 0.25) is 0 Å². The Hall–Kier alpha value is -2.13. The van der Waals surface area contributed by atoms with Gasteiger partial charge in [0.15, 0.2) is 0 Å². The summed E-state index contributed by atoms with van der Waals surface area (Å²) >= 11 is 0. The van der Waals surface area contributed by atoms with Crippen LogP contribution in [-0.4, -0.2) is 56.2 Å². The van der Waals surface area contributed by atoms with Gasteiger partial charge in [0.1, 0.15) is 5.75 Å². The lowest BCUT2D eigenvalue weighted by Crippen LogP contribution is -2.48. The summed E-state index contributed by atoms with van der Waals surface area (Å²) in [5.41, 5.74) is 0.792. The zero-order valence-electron chi connectivity index (χ0n) is 14.6. The van der Waals surface area contributed by atoms with Crippen LogP contribution in [-0.2, 0) is 16.4 Å². The monoisotopic (exact) mass is 366 g/mol. The topological polar surface area (TPSA) is 88.8 Å². The number of aromatic nitrogens is 2. The molecule has 0 spiro atoms. The van der Waals surface area contributed by atoms with Gasteiger partial charge in [0.25, 0.3) is 0 Å². The molecule has 0 radical (unpaired) electrons. The van der Waals surface area contributed by atoms with Gasteiger partial charge >= 0.3 is 6.01 Å². The van der Waals surface area contributed by atoms with Gasteiger partial charge in [-0.05, 0) is 30.7 Å². The average Bonchev–Trinajstić information content (AvgIpc) is 3.11. The van der Waals surface area contributed by atoms with Gasteiger partial charge in [-0.3, -0.25) is 0 Å². The Morgan fingerprint density at radius 3 is 2.48 bits per heavy atom. The molecule has 2 heterocycles. The second-order valence-electron chi connectivity index (χ2n) is 5.85. The summed E-state index contributed by atoms with van der Waals surface area (Å²) in [4.78, 5) is 2.20. The van der Waals surface area contributed by atoms with Crippen molar-refractivity contribution in [2.75, 3.05) is 38.2 Å². The number of sulfonamides is 1. The fourth-order valence-electron chi connectivity index (χ4n) is 2.80. The molecule has 0 atom stereocenters. The summed E-state index contributed by atoms with van der Waals surface area (Å²) in [6.45, 7) is 5.54. The van der Waals surface area contributed by atoms with E-state index in [4.69, 9.17) is 9.15 Å². The predicted octanol–water partition coefficient (Wildman–Crippen LogP) is 1.46. The number of hydrogen-bond donors (Lipinski definition) is 0. The van der Waals surface area contributed by atoms with Crippen LogP contribution in [0.15, 0.2) is 27.5 Å². The van der Waals surface area contributed by atoms with Crippen LogP contribution in [0.5, 0.6) is 5.75 Å². The fourth-order valence-corrected chi connectivity index (χ4v) is 4.30. The summed E-state index contributed by atoms with van der Waals surface area (Å²) in [6, 6.07) is 5.36. The van der Waals surface area contributed by atoms with Crippen LogP contribution in [0.3, 0.4) is 0 Å². The Balaban J connectivity index is 1.72. The molecule has 8 nitrogen and oxygen atoms in total. The highest BCUT2D eigenvalue weighted by atomic mass is 32.2. The highest BCUT2D eigenvalue weighted by Crippen LogP contribution is 2.25. The molecule has 0 N–H and O–H groups in total. The van der Waals surface area contributed by atoms with Gasteiger partial charge in [0.2, 0.25) is 15.9 Å². The predicted molar refractivity (Wildman–Crippen MR) is 92.4 cm³/mol. The van der Waals surface area contributed by atoms with Crippen LogP contribution >= 0.6 is 0 Å². The lowest BCUT2D eigenvalue weighted by Gasteiger charge is -2.32. The molecule has 9 heteroatoms. The number of anilines is 1. The largest absolute Gasteiger partial charge is 0.496 e. The van der Waals surface area contributed by atoms with Crippen LogP contribution < -0.4 is 9.64 Å². The third-order valence-electron chi connectivity index (χ3n) is 4.27. The van der Waals surface area contributed by atoms with Crippen molar-refractivity contribution in [1.82, 2.24) is 14.5 Å². The number of aryl methyl sites for hydroxylation is 2. The Kier molecular flexibility index (Phi) is 4.96. The van der Waals surface area contributed by atoms with Gasteiger partial charge in [-0.25, -0.2) is 8.42 Å². The van der Waals surface area contributed by atoms with E-state index in [1.807, 2.05) is 18.7 Å². The van der Waals surface area contributed by atoms with Crippen molar-refractivity contribution >= 4 is 16.0 Å². The van der Waals surface area contributed by atoms with Gasteiger partial charge in [-0.1, -0.05) is 12.0 Å². The smallest absolute Gasteiger partial charge is 0.318 e. The van der Waals surface area contributed by atoms with E-state index in [9.17, 15) is 8.42 Å². The maximum Gasteiger partial charge on any atom is 0.318 e. The Labute approximate surface area is 147 Å². The van der Waals surface area contributed by atoms with Crippen molar-refractivity contribution in [2.24, 2.45) is 0 Å². The van der Waals surface area contributed by atoms with Crippen LogP contribution in [0.25, 0.3) is 0 Å². The van der Waals surface area contributed by atoms with Crippen LogP contribution in [0.4, 0.5) is 6.01 Å². The molecule has 3 rings (SSSR count). The molecule has 0 saturated carbocycles. The molecule has 1 saturated heterocycles. The Bertz CT molecular complexity index is 842. The molecule has 1 aromatic carbocycles. The van der Waals surface area contributed by atoms with E-state index < -0.39 is 10.0 Å². The molecule has 1 aliphatic heterocycles. The summed E-state index contributed by atoms with van der Waals surface area (Å²) in [5, 5.41) is 7.96. The van der Waals surface area contributed by atoms with E-state index in [-0.39, 0.29) is 4.90 Å². The molecule has 136 valence electrons. The first kappa shape index (κ1) is 17.7. The second-order valence-corrected chi connectivity index (χ2v) is 7.79. The number of hydrogen-bond acceptors (Lipinski definition) is 7. The van der Waals surface area contributed by atoms with Crippen LogP contribution in [0.1, 0.15) is 18.4 Å². The van der Waals surface area contributed by atoms with E-state index in [1.54, 1.807) is 25.3 Å². The van der Waals surface area contributed by atoms with Gasteiger partial charge in [0, 0.05) is 32.6 Å². The van der Waals surface area contributed by atoms with Crippen LogP contribution in [0, 0.1) is 6.92 Å². The normalized spacial score (nSPS) is 16.2. The van der Waals surface area contributed by atoms with E-state index in [1.165, 1.54) is 4.31 Å². The standard InChI is InChI=1S/C16H22N4O4S/c1-4-15-17-18-16(24-15)19-7-9-20(10-8-19)25(21,22)13-5-6-14(23-3)12(2)11-13/h5-6,11H,4,7-10H2,1-3H3. The molecule has 0 aliphatic carbocycles. The second kappa shape index (κ2) is 7.01. The van der Waals surface area contributed by atoms with Crippen molar-refractivity contribution in [3.05, 3.63) is 29.7 Å².